The van der Waals surface area contributed by atoms with Crippen LogP contribution < -0.4 is 5.32 Å². The predicted molar refractivity (Wildman–Crippen MR) is 105 cm³/mol. The van der Waals surface area contributed by atoms with Gasteiger partial charge in [-0.2, -0.15) is 0 Å². The van der Waals surface area contributed by atoms with E-state index in [-0.39, 0.29) is 18.0 Å². The number of piperidine rings is 1. The Balaban J connectivity index is 1.65. The molecule has 0 radical (unpaired) electrons. The Kier molecular flexibility index (Phi) is 4.94. The number of Topliss-reactive ketones (excluding diaryl/α,β-unsaturated/α-hetero) is 1. The van der Waals surface area contributed by atoms with Crippen molar-refractivity contribution in [3.63, 3.8) is 0 Å². The van der Waals surface area contributed by atoms with Gasteiger partial charge in [-0.15, -0.1) is 0 Å². The molecule has 1 aliphatic heterocycles. The highest BCUT2D eigenvalue weighted by Gasteiger charge is 2.37. The Hall–Kier alpha value is -2.71. The second-order valence-corrected chi connectivity index (χ2v) is 6.98. The molecule has 0 aliphatic carbocycles. The van der Waals surface area contributed by atoms with E-state index in [0.717, 1.165) is 6.42 Å². The van der Waals surface area contributed by atoms with Crippen LogP contribution in [0.3, 0.4) is 0 Å². The Morgan fingerprint density at radius 2 is 1.27 bits per heavy atom. The van der Waals surface area contributed by atoms with Crippen LogP contribution >= 0.6 is 0 Å². The van der Waals surface area contributed by atoms with Crippen LogP contribution in [0.4, 0.5) is 0 Å². The van der Waals surface area contributed by atoms with E-state index < -0.39 is 0 Å². The summed E-state index contributed by atoms with van der Waals surface area (Å²) < 4.78 is 0. The summed E-state index contributed by atoms with van der Waals surface area (Å²) in [4.78, 5) is 13.1. The molecule has 3 aromatic carbocycles. The van der Waals surface area contributed by atoms with Crippen molar-refractivity contribution in [3.05, 3.63) is 108 Å². The van der Waals surface area contributed by atoms with Gasteiger partial charge in [0.25, 0.3) is 0 Å². The number of benzene rings is 3. The number of hydrogen-bond donors (Lipinski definition) is 1. The largest absolute Gasteiger partial charge is 0.302 e. The number of hydrogen-bond acceptors (Lipinski definition) is 2. The van der Waals surface area contributed by atoms with Gasteiger partial charge in [0.1, 0.15) is 5.78 Å². The van der Waals surface area contributed by atoms with Gasteiger partial charge in [0.05, 0.1) is 0 Å². The quantitative estimate of drug-likeness (QED) is 0.732. The highest BCUT2D eigenvalue weighted by Crippen LogP contribution is 2.36. The van der Waals surface area contributed by atoms with Crippen molar-refractivity contribution in [1.29, 1.82) is 0 Å². The van der Waals surface area contributed by atoms with Crippen molar-refractivity contribution in [1.82, 2.24) is 5.32 Å². The summed E-state index contributed by atoms with van der Waals surface area (Å²) in [5.74, 6) is 0.301. The van der Waals surface area contributed by atoms with Crippen molar-refractivity contribution < 1.29 is 4.79 Å². The monoisotopic (exact) mass is 341 g/mol. The molecule has 3 aromatic rings. The second kappa shape index (κ2) is 7.67. The van der Waals surface area contributed by atoms with Crippen LogP contribution in [0.5, 0.6) is 0 Å². The maximum atomic E-state index is 13.1. The maximum absolute atomic E-state index is 13.1. The summed E-state index contributed by atoms with van der Waals surface area (Å²) in [5, 5.41) is 3.77. The second-order valence-electron chi connectivity index (χ2n) is 6.98. The van der Waals surface area contributed by atoms with Crippen molar-refractivity contribution in [3.8, 4) is 0 Å². The van der Waals surface area contributed by atoms with Gasteiger partial charge < -0.3 is 5.32 Å². The summed E-state index contributed by atoms with van der Waals surface area (Å²) in [5.41, 5.74) is 3.58. The van der Waals surface area contributed by atoms with Crippen LogP contribution in [0.25, 0.3) is 0 Å². The molecule has 0 aromatic heterocycles. The van der Waals surface area contributed by atoms with E-state index in [2.05, 4.69) is 41.7 Å². The van der Waals surface area contributed by atoms with Gasteiger partial charge in [0, 0.05) is 24.4 Å². The molecular weight excluding hydrogens is 318 g/mol. The van der Waals surface area contributed by atoms with Crippen molar-refractivity contribution >= 4 is 5.78 Å². The Morgan fingerprint density at radius 1 is 0.731 bits per heavy atom. The first-order chi connectivity index (χ1) is 12.8. The third kappa shape index (κ3) is 3.61. The average Bonchev–Trinajstić information content (AvgIpc) is 2.71. The van der Waals surface area contributed by atoms with Gasteiger partial charge >= 0.3 is 0 Å². The number of nitrogens with one attached hydrogen (secondary N) is 1. The molecule has 4 rings (SSSR count). The third-order valence-electron chi connectivity index (χ3n) is 5.26. The molecule has 2 heteroatoms. The van der Waals surface area contributed by atoms with Crippen LogP contribution in [-0.2, 0) is 11.2 Å². The lowest BCUT2D eigenvalue weighted by atomic mass is 9.78. The number of carbonyl (C=O) groups is 1. The zero-order valence-electron chi connectivity index (χ0n) is 14.7. The highest BCUT2D eigenvalue weighted by atomic mass is 16.1. The summed E-state index contributed by atoms with van der Waals surface area (Å²) in [7, 11) is 0. The molecule has 130 valence electrons. The fourth-order valence-corrected chi connectivity index (χ4v) is 3.92. The molecule has 0 saturated carbocycles. The zero-order chi connectivity index (χ0) is 17.8. The first-order valence-corrected chi connectivity index (χ1v) is 9.24. The standard InChI is InChI=1S/C24H23NO/c26-23-17-22(19-12-6-2-7-13-19)25-24(20-14-8-3-9-15-20)21(23)16-18-10-4-1-5-11-18/h1-15,21-22,24-25H,16-17H2/t21-,22-,24-/m0/s1. The summed E-state index contributed by atoms with van der Waals surface area (Å²) in [6.45, 7) is 0. The van der Waals surface area contributed by atoms with E-state index >= 15 is 0 Å². The van der Waals surface area contributed by atoms with Crippen LogP contribution in [0.15, 0.2) is 91.0 Å². The van der Waals surface area contributed by atoms with E-state index in [1.807, 2.05) is 54.6 Å². The zero-order valence-corrected chi connectivity index (χ0v) is 14.7. The van der Waals surface area contributed by atoms with E-state index in [4.69, 9.17) is 0 Å². The van der Waals surface area contributed by atoms with Crippen molar-refractivity contribution in [2.45, 2.75) is 24.9 Å². The lowest BCUT2D eigenvalue weighted by Crippen LogP contribution is -2.43. The van der Waals surface area contributed by atoms with Gasteiger partial charge in [-0.1, -0.05) is 91.0 Å². The SMILES string of the molecule is O=C1C[C@@H](c2ccccc2)N[C@@H](c2ccccc2)[C@H]1Cc1ccccc1. The van der Waals surface area contributed by atoms with E-state index in [1.165, 1.54) is 16.7 Å². The van der Waals surface area contributed by atoms with Crippen LogP contribution in [-0.4, -0.2) is 5.78 Å². The first-order valence-electron chi connectivity index (χ1n) is 9.24. The predicted octanol–water partition coefficient (Wildman–Crippen LogP) is 4.89. The third-order valence-corrected chi connectivity index (χ3v) is 5.26. The van der Waals surface area contributed by atoms with Crippen molar-refractivity contribution in [2.75, 3.05) is 0 Å². The molecule has 1 saturated heterocycles. The first kappa shape index (κ1) is 16.7. The molecule has 3 atom stereocenters. The van der Waals surface area contributed by atoms with E-state index in [0.29, 0.717) is 12.2 Å². The molecule has 0 unspecified atom stereocenters. The minimum Gasteiger partial charge on any atom is -0.302 e. The van der Waals surface area contributed by atoms with Gasteiger partial charge in [0.2, 0.25) is 0 Å². The molecule has 2 nitrogen and oxygen atoms in total. The summed E-state index contributed by atoms with van der Waals surface area (Å²) >= 11 is 0. The van der Waals surface area contributed by atoms with Gasteiger partial charge in [-0.05, 0) is 23.1 Å². The molecule has 1 N–H and O–H groups in total. The normalized spacial score (nSPS) is 22.9. The Bertz CT molecular complexity index is 845. The fraction of sp³-hybridized carbons (Fsp3) is 0.208. The Morgan fingerprint density at radius 3 is 1.88 bits per heavy atom. The molecule has 0 amide bonds. The lowest BCUT2D eigenvalue weighted by molar-refractivity contribution is -0.126. The topological polar surface area (TPSA) is 29.1 Å². The molecule has 1 heterocycles. The fourth-order valence-electron chi connectivity index (χ4n) is 3.92. The van der Waals surface area contributed by atoms with Gasteiger partial charge in [-0.3, -0.25) is 4.79 Å². The maximum Gasteiger partial charge on any atom is 0.140 e. The Labute approximate surface area is 154 Å². The molecule has 0 spiro atoms. The minimum absolute atomic E-state index is 0.0304. The summed E-state index contributed by atoms with van der Waals surface area (Å²) in [6, 6.07) is 31.1. The van der Waals surface area contributed by atoms with E-state index in [9.17, 15) is 4.79 Å². The van der Waals surface area contributed by atoms with Crippen LogP contribution in [0.1, 0.15) is 35.2 Å². The highest BCUT2D eigenvalue weighted by molar-refractivity contribution is 5.84. The molecule has 1 fully saturated rings. The minimum atomic E-state index is -0.0419. The molecule has 1 aliphatic rings. The van der Waals surface area contributed by atoms with Crippen LogP contribution in [0.2, 0.25) is 0 Å². The van der Waals surface area contributed by atoms with Gasteiger partial charge in [-0.25, -0.2) is 0 Å². The molecule has 0 bridgehead atoms. The lowest BCUT2D eigenvalue weighted by Gasteiger charge is -2.37. The van der Waals surface area contributed by atoms with Crippen LogP contribution in [0, 0.1) is 5.92 Å². The number of carbonyl (C=O) groups excluding carboxylic acids is 1. The van der Waals surface area contributed by atoms with Crippen molar-refractivity contribution in [2.24, 2.45) is 5.92 Å². The van der Waals surface area contributed by atoms with Gasteiger partial charge in [0.15, 0.2) is 0 Å². The van der Waals surface area contributed by atoms with E-state index in [1.54, 1.807) is 0 Å². The number of rotatable bonds is 4. The summed E-state index contributed by atoms with van der Waals surface area (Å²) in [6.07, 6.45) is 1.32. The average molecular weight is 341 g/mol. The smallest absolute Gasteiger partial charge is 0.140 e. The number of ketones is 1. The molecule has 26 heavy (non-hydrogen) atoms. The molecular formula is C24H23NO.